The predicted molar refractivity (Wildman–Crippen MR) is 61.2 cm³/mol. The van der Waals surface area contributed by atoms with Crippen LogP contribution in [0.3, 0.4) is 0 Å². The van der Waals surface area contributed by atoms with Crippen LogP contribution in [0.4, 0.5) is 0 Å². The molecule has 1 heterocycles. The zero-order valence-electron chi connectivity index (χ0n) is 9.69. The molecule has 15 heavy (non-hydrogen) atoms. The molecule has 0 spiro atoms. The molecule has 0 amide bonds. The summed E-state index contributed by atoms with van der Waals surface area (Å²) in [6.07, 6.45) is 3.21. The molecule has 3 N–H and O–H groups in total. The molecule has 0 aromatic carbocycles. The molecule has 0 radical (unpaired) electrons. The Kier molecular flexibility index (Phi) is 4.84. The first-order chi connectivity index (χ1) is 7.13. The normalized spacial score (nSPS) is 23.9. The van der Waals surface area contributed by atoms with Crippen molar-refractivity contribution in [2.24, 2.45) is 10.9 Å². The number of likely N-dealkylation sites (N-methyl/N-ethyl adjacent to an activating group) is 2. The van der Waals surface area contributed by atoms with Crippen LogP contribution in [0.2, 0.25) is 0 Å². The number of nitrogens with zero attached hydrogens (tertiary/aromatic N) is 3. The van der Waals surface area contributed by atoms with Gasteiger partial charge in [0.1, 0.15) is 5.84 Å². The molecule has 5 nitrogen and oxygen atoms in total. The molecular weight excluding hydrogens is 192 g/mol. The minimum absolute atomic E-state index is 0.307. The van der Waals surface area contributed by atoms with Crippen LogP contribution in [0.5, 0.6) is 0 Å². The van der Waals surface area contributed by atoms with Crippen molar-refractivity contribution < 1.29 is 5.21 Å². The van der Waals surface area contributed by atoms with Crippen LogP contribution in [-0.4, -0.2) is 60.6 Å². The zero-order chi connectivity index (χ0) is 11.3. The molecule has 5 heteroatoms. The molecule has 88 valence electrons. The van der Waals surface area contributed by atoms with Crippen LogP contribution >= 0.6 is 0 Å². The number of oxime groups is 1. The monoisotopic (exact) mass is 214 g/mol. The second-order valence-corrected chi connectivity index (χ2v) is 4.38. The molecule has 1 saturated heterocycles. The number of likely N-dealkylation sites (tertiary alicyclic amines) is 1. The van der Waals surface area contributed by atoms with E-state index in [-0.39, 0.29) is 0 Å². The summed E-state index contributed by atoms with van der Waals surface area (Å²) >= 11 is 0. The average Bonchev–Trinajstić information content (AvgIpc) is 2.61. The van der Waals surface area contributed by atoms with Crippen LogP contribution in [0.15, 0.2) is 5.16 Å². The van der Waals surface area contributed by atoms with E-state index in [9.17, 15) is 0 Å². The third-order valence-electron chi connectivity index (χ3n) is 3.07. The number of hydrogen-bond acceptors (Lipinski definition) is 4. The van der Waals surface area contributed by atoms with E-state index in [2.05, 4.69) is 29.1 Å². The summed E-state index contributed by atoms with van der Waals surface area (Å²) < 4.78 is 0. The Balaban J connectivity index is 2.20. The van der Waals surface area contributed by atoms with Gasteiger partial charge in [0.15, 0.2) is 0 Å². The van der Waals surface area contributed by atoms with E-state index < -0.39 is 0 Å². The lowest BCUT2D eigenvalue weighted by molar-refractivity contribution is 0.223. The van der Waals surface area contributed by atoms with E-state index in [1.165, 1.54) is 19.4 Å². The van der Waals surface area contributed by atoms with Crippen molar-refractivity contribution in [3.8, 4) is 0 Å². The van der Waals surface area contributed by atoms with Gasteiger partial charge in [0.05, 0.1) is 0 Å². The van der Waals surface area contributed by atoms with E-state index in [4.69, 9.17) is 10.9 Å². The van der Waals surface area contributed by atoms with Crippen molar-refractivity contribution in [3.63, 3.8) is 0 Å². The molecule has 0 aromatic heterocycles. The fraction of sp³-hybridized carbons (Fsp3) is 0.900. The van der Waals surface area contributed by atoms with Crippen molar-refractivity contribution in [1.29, 1.82) is 0 Å². The van der Waals surface area contributed by atoms with Gasteiger partial charge < -0.3 is 20.7 Å². The highest BCUT2D eigenvalue weighted by atomic mass is 16.4. The quantitative estimate of drug-likeness (QED) is 0.296. The number of nitrogens with two attached hydrogens (primary N) is 1. The standard InChI is InChI=1S/C10H22N4O/c1-13(7-5-10(11)12-15)8-9-4-3-6-14(9)2/h9,15H,3-8H2,1-2H3,(H2,11,12). The van der Waals surface area contributed by atoms with Crippen molar-refractivity contribution in [2.45, 2.75) is 25.3 Å². The highest BCUT2D eigenvalue weighted by molar-refractivity contribution is 5.79. The first kappa shape index (κ1) is 12.3. The Morgan fingerprint density at radius 1 is 1.67 bits per heavy atom. The van der Waals surface area contributed by atoms with Gasteiger partial charge in [-0.3, -0.25) is 0 Å². The highest BCUT2D eigenvalue weighted by Crippen LogP contribution is 2.15. The van der Waals surface area contributed by atoms with Gasteiger partial charge in [-0.25, -0.2) is 0 Å². The first-order valence-electron chi connectivity index (χ1n) is 5.48. The lowest BCUT2D eigenvalue weighted by atomic mass is 10.2. The molecule has 0 bridgehead atoms. The van der Waals surface area contributed by atoms with E-state index in [0.29, 0.717) is 18.3 Å². The lowest BCUT2D eigenvalue weighted by Crippen LogP contribution is -2.37. The first-order valence-corrected chi connectivity index (χ1v) is 5.48. The molecule has 0 saturated carbocycles. The van der Waals surface area contributed by atoms with Crippen LogP contribution in [-0.2, 0) is 0 Å². The van der Waals surface area contributed by atoms with Crippen molar-refractivity contribution >= 4 is 5.84 Å². The Morgan fingerprint density at radius 2 is 2.40 bits per heavy atom. The number of amidine groups is 1. The third kappa shape index (κ3) is 4.05. The zero-order valence-corrected chi connectivity index (χ0v) is 9.69. The van der Waals surface area contributed by atoms with Crippen LogP contribution < -0.4 is 5.73 Å². The Bertz CT molecular complexity index is 219. The lowest BCUT2D eigenvalue weighted by Gasteiger charge is -2.25. The summed E-state index contributed by atoms with van der Waals surface area (Å²) in [5.74, 6) is 0.307. The van der Waals surface area contributed by atoms with Gasteiger partial charge in [0.25, 0.3) is 0 Å². The van der Waals surface area contributed by atoms with Crippen molar-refractivity contribution in [3.05, 3.63) is 0 Å². The molecular formula is C10H22N4O. The molecule has 1 aliphatic rings. The third-order valence-corrected chi connectivity index (χ3v) is 3.07. The average molecular weight is 214 g/mol. The topological polar surface area (TPSA) is 65.1 Å². The molecule has 1 unspecified atom stereocenters. The SMILES string of the molecule is CN(CCC(N)=NO)CC1CCCN1C. The van der Waals surface area contributed by atoms with Crippen molar-refractivity contribution in [2.75, 3.05) is 33.7 Å². The van der Waals surface area contributed by atoms with Gasteiger partial charge in [0, 0.05) is 25.6 Å². The summed E-state index contributed by atoms with van der Waals surface area (Å²) in [7, 11) is 4.26. The predicted octanol–water partition coefficient (Wildman–Crippen LogP) is 0.149. The van der Waals surface area contributed by atoms with E-state index >= 15 is 0 Å². The van der Waals surface area contributed by atoms with Gasteiger partial charge in [-0.2, -0.15) is 0 Å². The van der Waals surface area contributed by atoms with E-state index in [1.54, 1.807) is 0 Å². The summed E-state index contributed by atoms with van der Waals surface area (Å²) in [5.41, 5.74) is 5.42. The smallest absolute Gasteiger partial charge is 0.140 e. The number of rotatable bonds is 5. The summed E-state index contributed by atoms with van der Waals surface area (Å²) in [4.78, 5) is 4.64. The molecule has 0 aromatic rings. The maximum atomic E-state index is 8.41. The maximum Gasteiger partial charge on any atom is 0.140 e. The minimum Gasteiger partial charge on any atom is -0.409 e. The molecule has 1 atom stereocenters. The fourth-order valence-corrected chi connectivity index (χ4v) is 2.02. The summed E-state index contributed by atoms with van der Waals surface area (Å²) in [6.45, 7) is 3.12. The van der Waals surface area contributed by atoms with E-state index in [1.807, 2.05) is 0 Å². The minimum atomic E-state index is 0.307. The van der Waals surface area contributed by atoms with Gasteiger partial charge in [-0.1, -0.05) is 5.16 Å². The van der Waals surface area contributed by atoms with Gasteiger partial charge in [-0.15, -0.1) is 0 Å². The van der Waals surface area contributed by atoms with Crippen LogP contribution in [0, 0.1) is 0 Å². The molecule has 1 fully saturated rings. The van der Waals surface area contributed by atoms with E-state index in [0.717, 1.165) is 13.1 Å². The molecule has 0 aliphatic carbocycles. The number of hydrogen-bond donors (Lipinski definition) is 2. The fourth-order valence-electron chi connectivity index (χ4n) is 2.02. The molecule has 1 rings (SSSR count). The Morgan fingerprint density at radius 3 is 2.93 bits per heavy atom. The Labute approximate surface area is 91.5 Å². The van der Waals surface area contributed by atoms with Crippen LogP contribution in [0.1, 0.15) is 19.3 Å². The van der Waals surface area contributed by atoms with Gasteiger partial charge >= 0.3 is 0 Å². The van der Waals surface area contributed by atoms with Crippen molar-refractivity contribution in [1.82, 2.24) is 9.80 Å². The largest absolute Gasteiger partial charge is 0.409 e. The second kappa shape index (κ2) is 5.92. The summed E-state index contributed by atoms with van der Waals surface area (Å²) in [6, 6.07) is 0.669. The molecule has 1 aliphatic heterocycles. The van der Waals surface area contributed by atoms with Gasteiger partial charge in [-0.05, 0) is 33.5 Å². The Hall–Kier alpha value is -0.810. The van der Waals surface area contributed by atoms with Crippen LogP contribution in [0.25, 0.3) is 0 Å². The second-order valence-electron chi connectivity index (χ2n) is 4.38. The highest BCUT2D eigenvalue weighted by Gasteiger charge is 2.21. The summed E-state index contributed by atoms with van der Waals surface area (Å²) in [5, 5.41) is 11.4. The maximum absolute atomic E-state index is 8.41. The van der Waals surface area contributed by atoms with Gasteiger partial charge in [0.2, 0.25) is 0 Å².